The average molecular weight is 284 g/mol. The SMILES string of the molecule is Cn1cc(C(=O)Nc2ccc(N3CCCC3=O)cc2)cn1. The van der Waals surface area contributed by atoms with Crippen molar-refractivity contribution >= 4 is 23.2 Å². The van der Waals surface area contributed by atoms with Gasteiger partial charge in [-0.2, -0.15) is 5.10 Å². The third-order valence-electron chi connectivity index (χ3n) is 3.48. The van der Waals surface area contributed by atoms with Gasteiger partial charge in [-0.25, -0.2) is 0 Å². The molecule has 0 aliphatic carbocycles. The molecule has 0 saturated carbocycles. The van der Waals surface area contributed by atoms with Gasteiger partial charge in [0, 0.05) is 37.6 Å². The molecule has 1 aliphatic heterocycles. The van der Waals surface area contributed by atoms with E-state index in [-0.39, 0.29) is 11.8 Å². The predicted molar refractivity (Wildman–Crippen MR) is 79.2 cm³/mol. The van der Waals surface area contributed by atoms with Crippen LogP contribution in [0.3, 0.4) is 0 Å². The number of carbonyl (C=O) groups is 2. The average Bonchev–Trinajstić information content (AvgIpc) is 3.08. The number of aromatic nitrogens is 2. The van der Waals surface area contributed by atoms with E-state index in [0.717, 1.165) is 18.7 Å². The van der Waals surface area contributed by atoms with Crippen molar-refractivity contribution in [1.82, 2.24) is 9.78 Å². The second kappa shape index (κ2) is 5.40. The summed E-state index contributed by atoms with van der Waals surface area (Å²) in [5.74, 6) is -0.0461. The van der Waals surface area contributed by atoms with E-state index in [1.54, 1.807) is 35.0 Å². The summed E-state index contributed by atoms with van der Waals surface area (Å²) in [7, 11) is 1.76. The lowest BCUT2D eigenvalue weighted by Crippen LogP contribution is -2.23. The second-order valence-electron chi connectivity index (χ2n) is 5.05. The van der Waals surface area contributed by atoms with E-state index in [2.05, 4.69) is 10.4 Å². The first-order valence-corrected chi connectivity index (χ1v) is 6.84. The van der Waals surface area contributed by atoms with Crippen LogP contribution in [0.25, 0.3) is 0 Å². The molecule has 6 nitrogen and oxygen atoms in total. The molecular weight excluding hydrogens is 268 g/mol. The van der Waals surface area contributed by atoms with Crippen LogP contribution < -0.4 is 10.2 Å². The number of hydrogen-bond acceptors (Lipinski definition) is 3. The highest BCUT2D eigenvalue weighted by Gasteiger charge is 2.21. The molecular formula is C15H16N4O2. The number of carbonyl (C=O) groups excluding carboxylic acids is 2. The number of anilines is 2. The van der Waals surface area contributed by atoms with Gasteiger partial charge >= 0.3 is 0 Å². The number of aryl methyl sites for hydroxylation is 1. The summed E-state index contributed by atoms with van der Waals surface area (Å²) in [5, 5.41) is 6.77. The molecule has 0 spiro atoms. The van der Waals surface area contributed by atoms with Crippen LogP contribution in [-0.2, 0) is 11.8 Å². The van der Waals surface area contributed by atoms with Crippen molar-refractivity contribution in [2.75, 3.05) is 16.8 Å². The number of benzene rings is 1. The van der Waals surface area contributed by atoms with E-state index in [0.29, 0.717) is 17.7 Å². The molecule has 1 aromatic heterocycles. The van der Waals surface area contributed by atoms with E-state index in [9.17, 15) is 9.59 Å². The van der Waals surface area contributed by atoms with Crippen molar-refractivity contribution in [3.63, 3.8) is 0 Å². The largest absolute Gasteiger partial charge is 0.322 e. The van der Waals surface area contributed by atoms with E-state index in [1.165, 1.54) is 6.20 Å². The normalized spacial score (nSPS) is 14.5. The third kappa shape index (κ3) is 2.79. The molecule has 0 unspecified atom stereocenters. The first-order chi connectivity index (χ1) is 10.1. The molecule has 6 heteroatoms. The first-order valence-electron chi connectivity index (χ1n) is 6.84. The Morgan fingerprint density at radius 2 is 2.05 bits per heavy atom. The van der Waals surface area contributed by atoms with E-state index in [4.69, 9.17) is 0 Å². The predicted octanol–water partition coefficient (Wildman–Crippen LogP) is 1.80. The molecule has 21 heavy (non-hydrogen) atoms. The van der Waals surface area contributed by atoms with Crippen LogP contribution in [0.4, 0.5) is 11.4 Å². The number of amides is 2. The molecule has 0 radical (unpaired) electrons. The smallest absolute Gasteiger partial charge is 0.258 e. The van der Waals surface area contributed by atoms with E-state index >= 15 is 0 Å². The lowest BCUT2D eigenvalue weighted by molar-refractivity contribution is -0.117. The number of nitrogens with one attached hydrogen (secondary N) is 1. The lowest BCUT2D eigenvalue weighted by atomic mass is 10.2. The zero-order valence-electron chi connectivity index (χ0n) is 11.7. The minimum absolute atomic E-state index is 0.155. The van der Waals surface area contributed by atoms with Crippen LogP contribution in [0.1, 0.15) is 23.2 Å². The highest BCUT2D eigenvalue weighted by atomic mass is 16.2. The standard InChI is InChI=1S/C15H16N4O2/c1-18-10-11(9-16-18)15(21)17-12-4-6-13(7-5-12)19-8-2-3-14(19)20/h4-7,9-10H,2-3,8H2,1H3,(H,17,21). The molecule has 0 atom stereocenters. The van der Waals surface area contributed by atoms with Gasteiger partial charge in [0.2, 0.25) is 5.91 Å². The number of hydrogen-bond donors (Lipinski definition) is 1. The fraction of sp³-hybridized carbons (Fsp3) is 0.267. The molecule has 0 bridgehead atoms. The number of rotatable bonds is 3. The molecule has 1 N–H and O–H groups in total. The fourth-order valence-electron chi connectivity index (χ4n) is 2.39. The second-order valence-corrected chi connectivity index (χ2v) is 5.05. The molecule has 2 aromatic rings. The topological polar surface area (TPSA) is 67.2 Å². The molecule has 1 aromatic carbocycles. The quantitative estimate of drug-likeness (QED) is 0.934. The Kier molecular flexibility index (Phi) is 3.43. The van der Waals surface area contributed by atoms with Crippen molar-refractivity contribution in [3.8, 4) is 0 Å². The molecule has 1 fully saturated rings. The Morgan fingerprint density at radius 3 is 2.62 bits per heavy atom. The van der Waals surface area contributed by atoms with E-state index in [1.807, 2.05) is 12.1 Å². The highest BCUT2D eigenvalue weighted by Crippen LogP contribution is 2.23. The molecule has 1 saturated heterocycles. The van der Waals surface area contributed by atoms with Crippen LogP contribution in [0.2, 0.25) is 0 Å². The maximum Gasteiger partial charge on any atom is 0.258 e. The molecule has 2 heterocycles. The fourth-order valence-corrected chi connectivity index (χ4v) is 2.39. The van der Waals surface area contributed by atoms with Crippen LogP contribution in [-0.4, -0.2) is 28.1 Å². The van der Waals surface area contributed by atoms with Gasteiger partial charge in [0.05, 0.1) is 11.8 Å². The maximum absolute atomic E-state index is 12.0. The molecule has 3 rings (SSSR count). The summed E-state index contributed by atoms with van der Waals surface area (Å²) in [6.45, 7) is 0.764. The van der Waals surface area contributed by atoms with Crippen LogP contribution in [0.5, 0.6) is 0 Å². The third-order valence-corrected chi connectivity index (χ3v) is 3.48. The van der Waals surface area contributed by atoms with E-state index < -0.39 is 0 Å². The molecule has 2 amide bonds. The minimum atomic E-state index is -0.201. The van der Waals surface area contributed by atoms with Gasteiger partial charge in [-0.05, 0) is 30.7 Å². The van der Waals surface area contributed by atoms with Crippen molar-refractivity contribution in [1.29, 1.82) is 0 Å². The molecule has 108 valence electrons. The summed E-state index contributed by atoms with van der Waals surface area (Å²) in [4.78, 5) is 25.4. The van der Waals surface area contributed by atoms with Crippen molar-refractivity contribution in [2.24, 2.45) is 7.05 Å². The number of nitrogens with zero attached hydrogens (tertiary/aromatic N) is 3. The van der Waals surface area contributed by atoms with Gasteiger partial charge in [-0.15, -0.1) is 0 Å². The molecule has 1 aliphatic rings. The van der Waals surface area contributed by atoms with Gasteiger partial charge in [-0.1, -0.05) is 0 Å². The Balaban J connectivity index is 1.69. The van der Waals surface area contributed by atoms with Gasteiger partial charge in [0.15, 0.2) is 0 Å². The van der Waals surface area contributed by atoms with Crippen molar-refractivity contribution < 1.29 is 9.59 Å². The van der Waals surface area contributed by atoms with Crippen LogP contribution >= 0.6 is 0 Å². The van der Waals surface area contributed by atoms with Gasteiger partial charge in [0.25, 0.3) is 5.91 Å². The van der Waals surface area contributed by atoms with Crippen LogP contribution in [0.15, 0.2) is 36.7 Å². The zero-order valence-corrected chi connectivity index (χ0v) is 11.7. The first kappa shape index (κ1) is 13.4. The summed E-state index contributed by atoms with van der Waals surface area (Å²) >= 11 is 0. The van der Waals surface area contributed by atoms with Crippen molar-refractivity contribution in [3.05, 3.63) is 42.2 Å². The van der Waals surface area contributed by atoms with Gasteiger partial charge in [-0.3, -0.25) is 14.3 Å². The Morgan fingerprint density at radius 1 is 1.29 bits per heavy atom. The Hall–Kier alpha value is -2.63. The summed E-state index contributed by atoms with van der Waals surface area (Å²) in [5.41, 5.74) is 2.08. The Bertz CT molecular complexity index is 675. The van der Waals surface area contributed by atoms with Gasteiger partial charge in [0.1, 0.15) is 0 Å². The summed E-state index contributed by atoms with van der Waals surface area (Å²) < 4.78 is 1.58. The minimum Gasteiger partial charge on any atom is -0.322 e. The highest BCUT2D eigenvalue weighted by molar-refractivity contribution is 6.04. The van der Waals surface area contributed by atoms with Crippen molar-refractivity contribution in [2.45, 2.75) is 12.8 Å². The zero-order chi connectivity index (χ0) is 14.8. The Labute approximate surface area is 122 Å². The summed E-state index contributed by atoms with van der Waals surface area (Å²) in [6.07, 6.45) is 4.69. The monoisotopic (exact) mass is 284 g/mol. The lowest BCUT2D eigenvalue weighted by Gasteiger charge is -2.16. The van der Waals surface area contributed by atoms with Gasteiger partial charge < -0.3 is 10.2 Å². The summed E-state index contributed by atoms with van der Waals surface area (Å²) in [6, 6.07) is 7.30. The van der Waals surface area contributed by atoms with Crippen LogP contribution in [0, 0.1) is 0 Å². The maximum atomic E-state index is 12.0.